The molecular formula is C13H16Cl2N2O2S. The normalized spacial score (nSPS) is 14.9. The monoisotopic (exact) mass is 334 g/mol. The van der Waals surface area contributed by atoms with Crippen LogP contribution in [-0.4, -0.2) is 30.1 Å². The molecule has 4 nitrogen and oxygen atoms in total. The van der Waals surface area contributed by atoms with E-state index in [2.05, 4.69) is 5.32 Å². The van der Waals surface area contributed by atoms with E-state index in [4.69, 9.17) is 33.7 Å². The molecule has 3 N–H and O–H groups in total. The summed E-state index contributed by atoms with van der Waals surface area (Å²) in [4.78, 5) is 11.8. The summed E-state index contributed by atoms with van der Waals surface area (Å²) in [7, 11) is 0. The summed E-state index contributed by atoms with van der Waals surface area (Å²) in [5, 5.41) is 4.03. The third-order valence-electron chi connectivity index (χ3n) is 2.84. The van der Waals surface area contributed by atoms with Gasteiger partial charge >= 0.3 is 0 Å². The van der Waals surface area contributed by atoms with Gasteiger partial charge in [0.2, 0.25) is 5.91 Å². The van der Waals surface area contributed by atoms with Gasteiger partial charge in [0.1, 0.15) is 0 Å². The molecule has 1 saturated heterocycles. The smallest absolute Gasteiger partial charge is 0.224 e. The molecule has 110 valence electrons. The first-order chi connectivity index (χ1) is 9.56. The molecule has 0 atom stereocenters. The van der Waals surface area contributed by atoms with E-state index in [1.807, 2.05) is 11.8 Å². The van der Waals surface area contributed by atoms with Gasteiger partial charge < -0.3 is 15.8 Å². The van der Waals surface area contributed by atoms with Crippen LogP contribution in [0.15, 0.2) is 12.1 Å². The van der Waals surface area contributed by atoms with Gasteiger partial charge in [-0.2, -0.15) is 11.8 Å². The fraction of sp³-hybridized carbons (Fsp3) is 0.462. The number of rotatable bonds is 6. The van der Waals surface area contributed by atoms with Crippen LogP contribution >= 0.6 is 35.0 Å². The van der Waals surface area contributed by atoms with Crippen molar-refractivity contribution in [3.05, 3.63) is 22.2 Å². The van der Waals surface area contributed by atoms with E-state index in [-0.39, 0.29) is 5.91 Å². The SMILES string of the molecule is Nc1cc(Cl)c(NC(=O)CCCSC2COC2)c(Cl)c1. The second kappa shape index (κ2) is 7.41. The molecule has 0 bridgehead atoms. The van der Waals surface area contributed by atoms with Gasteiger partial charge in [0.25, 0.3) is 0 Å². The van der Waals surface area contributed by atoms with Crippen LogP contribution < -0.4 is 11.1 Å². The zero-order valence-electron chi connectivity index (χ0n) is 10.8. The molecule has 1 aliphatic rings. The Hall–Kier alpha value is -0.620. The summed E-state index contributed by atoms with van der Waals surface area (Å²) in [5.41, 5.74) is 6.50. The third-order valence-corrected chi connectivity index (χ3v) is 4.70. The van der Waals surface area contributed by atoms with Crippen molar-refractivity contribution in [3.63, 3.8) is 0 Å². The minimum absolute atomic E-state index is 0.0935. The summed E-state index contributed by atoms with van der Waals surface area (Å²) in [5.74, 6) is 0.856. The van der Waals surface area contributed by atoms with Crippen LogP contribution in [0.1, 0.15) is 12.8 Å². The lowest BCUT2D eigenvalue weighted by molar-refractivity contribution is -0.116. The first-order valence-electron chi connectivity index (χ1n) is 6.30. The number of hydrogen-bond acceptors (Lipinski definition) is 4. The lowest BCUT2D eigenvalue weighted by atomic mass is 10.2. The highest BCUT2D eigenvalue weighted by Gasteiger charge is 2.18. The molecule has 0 unspecified atom stereocenters. The van der Waals surface area contributed by atoms with E-state index in [0.717, 1.165) is 25.4 Å². The largest absolute Gasteiger partial charge is 0.399 e. The zero-order valence-corrected chi connectivity index (χ0v) is 13.2. The number of carbonyl (C=O) groups excluding carboxylic acids is 1. The Bertz CT molecular complexity index is 472. The van der Waals surface area contributed by atoms with Gasteiger partial charge in [-0.15, -0.1) is 0 Å². The summed E-state index contributed by atoms with van der Waals surface area (Å²) in [6, 6.07) is 3.13. The molecule has 20 heavy (non-hydrogen) atoms. The molecule has 1 fully saturated rings. The second-order valence-corrected chi connectivity index (χ2v) is 6.76. The maximum Gasteiger partial charge on any atom is 0.224 e. The van der Waals surface area contributed by atoms with Crippen LogP contribution in [0.5, 0.6) is 0 Å². The Labute approximate surface area is 132 Å². The lowest BCUT2D eigenvalue weighted by Crippen LogP contribution is -2.30. The molecule has 2 rings (SSSR count). The highest BCUT2D eigenvalue weighted by molar-refractivity contribution is 8.00. The Morgan fingerprint density at radius 2 is 2.05 bits per heavy atom. The molecular weight excluding hydrogens is 319 g/mol. The summed E-state index contributed by atoms with van der Waals surface area (Å²) < 4.78 is 5.09. The van der Waals surface area contributed by atoms with Gasteiger partial charge in [-0.1, -0.05) is 23.2 Å². The predicted molar refractivity (Wildman–Crippen MR) is 85.8 cm³/mol. The van der Waals surface area contributed by atoms with E-state index < -0.39 is 0 Å². The van der Waals surface area contributed by atoms with Gasteiger partial charge in [-0.05, 0) is 24.3 Å². The van der Waals surface area contributed by atoms with Gasteiger partial charge in [0.05, 0.1) is 34.2 Å². The maximum atomic E-state index is 11.8. The molecule has 0 aliphatic carbocycles. The molecule has 1 aromatic rings. The molecule has 1 amide bonds. The van der Waals surface area contributed by atoms with Crippen molar-refractivity contribution in [1.29, 1.82) is 0 Å². The first-order valence-corrected chi connectivity index (χ1v) is 8.10. The van der Waals surface area contributed by atoms with Crippen molar-refractivity contribution in [1.82, 2.24) is 0 Å². The van der Waals surface area contributed by atoms with E-state index in [1.165, 1.54) is 0 Å². The number of amides is 1. The predicted octanol–water partition coefficient (Wildman–Crippen LogP) is 3.43. The second-order valence-electron chi connectivity index (χ2n) is 4.54. The van der Waals surface area contributed by atoms with Gasteiger partial charge in [-0.3, -0.25) is 4.79 Å². The van der Waals surface area contributed by atoms with E-state index >= 15 is 0 Å². The number of nitrogens with one attached hydrogen (secondary N) is 1. The van der Waals surface area contributed by atoms with E-state index in [1.54, 1.807) is 12.1 Å². The Kier molecular flexibility index (Phi) is 5.84. The van der Waals surface area contributed by atoms with Crippen molar-refractivity contribution in [2.24, 2.45) is 0 Å². The van der Waals surface area contributed by atoms with Gasteiger partial charge in [0.15, 0.2) is 0 Å². The zero-order chi connectivity index (χ0) is 14.5. The Morgan fingerprint density at radius 1 is 1.40 bits per heavy atom. The standard InChI is InChI=1S/C13H16Cl2N2O2S/c14-10-4-8(16)5-11(15)13(10)17-12(18)2-1-3-20-9-6-19-7-9/h4-5,9H,1-3,6-7,16H2,(H,17,18). The van der Waals surface area contributed by atoms with Crippen molar-refractivity contribution < 1.29 is 9.53 Å². The third kappa shape index (κ3) is 4.45. The Balaban J connectivity index is 1.76. The van der Waals surface area contributed by atoms with Crippen molar-refractivity contribution >= 4 is 52.2 Å². The summed E-state index contributed by atoms with van der Waals surface area (Å²) >= 11 is 13.9. The van der Waals surface area contributed by atoms with Crippen molar-refractivity contribution in [3.8, 4) is 0 Å². The van der Waals surface area contributed by atoms with Crippen LogP contribution in [0, 0.1) is 0 Å². The number of ether oxygens (including phenoxy) is 1. The number of benzene rings is 1. The summed E-state index contributed by atoms with van der Waals surface area (Å²) in [6.45, 7) is 1.65. The molecule has 0 aromatic heterocycles. The number of nitrogen functional groups attached to an aromatic ring is 1. The van der Waals surface area contributed by atoms with Gasteiger partial charge in [0, 0.05) is 12.1 Å². The van der Waals surface area contributed by atoms with Crippen LogP contribution in [0.25, 0.3) is 0 Å². The van der Waals surface area contributed by atoms with Crippen LogP contribution in [0.3, 0.4) is 0 Å². The first kappa shape index (κ1) is 15.8. The number of anilines is 2. The lowest BCUT2D eigenvalue weighted by Gasteiger charge is -2.25. The van der Waals surface area contributed by atoms with Crippen LogP contribution in [-0.2, 0) is 9.53 Å². The molecule has 0 spiro atoms. The van der Waals surface area contributed by atoms with Crippen LogP contribution in [0.2, 0.25) is 10.0 Å². The highest BCUT2D eigenvalue weighted by Crippen LogP contribution is 2.33. The minimum atomic E-state index is -0.0935. The topological polar surface area (TPSA) is 64.3 Å². The number of nitrogens with two attached hydrogens (primary N) is 1. The number of hydrogen-bond donors (Lipinski definition) is 2. The number of thioether (sulfide) groups is 1. The molecule has 1 aliphatic heterocycles. The fourth-order valence-electron chi connectivity index (χ4n) is 1.71. The fourth-order valence-corrected chi connectivity index (χ4v) is 3.33. The molecule has 1 heterocycles. The Morgan fingerprint density at radius 3 is 2.60 bits per heavy atom. The quantitative estimate of drug-likeness (QED) is 0.618. The summed E-state index contributed by atoms with van der Waals surface area (Å²) in [6.07, 6.45) is 1.26. The number of carbonyl (C=O) groups is 1. The van der Waals surface area contributed by atoms with Gasteiger partial charge in [-0.25, -0.2) is 0 Å². The van der Waals surface area contributed by atoms with Crippen molar-refractivity contribution in [2.45, 2.75) is 18.1 Å². The molecule has 0 saturated carbocycles. The average molecular weight is 335 g/mol. The number of halogens is 2. The average Bonchev–Trinajstić information content (AvgIpc) is 2.31. The maximum absolute atomic E-state index is 11.8. The molecule has 7 heteroatoms. The van der Waals surface area contributed by atoms with Crippen LogP contribution in [0.4, 0.5) is 11.4 Å². The highest BCUT2D eigenvalue weighted by atomic mass is 35.5. The minimum Gasteiger partial charge on any atom is -0.399 e. The molecule has 0 radical (unpaired) electrons. The van der Waals surface area contributed by atoms with E-state index in [0.29, 0.717) is 33.1 Å². The van der Waals surface area contributed by atoms with E-state index in [9.17, 15) is 4.79 Å². The molecule has 1 aromatic carbocycles. The van der Waals surface area contributed by atoms with Crippen molar-refractivity contribution in [2.75, 3.05) is 30.0 Å².